The minimum Gasteiger partial charge on any atom is -0.380 e. The molecule has 0 aromatic heterocycles. The van der Waals surface area contributed by atoms with Crippen molar-refractivity contribution in [3.63, 3.8) is 0 Å². The molecule has 2 N–H and O–H groups in total. The largest absolute Gasteiger partial charge is 0.380 e. The van der Waals surface area contributed by atoms with Gasteiger partial charge in [-0.15, -0.1) is 0 Å². The first-order valence-electron chi connectivity index (χ1n) is 6.20. The second-order valence-electron chi connectivity index (χ2n) is 4.36. The highest BCUT2D eigenvalue weighted by atomic mass is 35.5. The Labute approximate surface area is 138 Å². The summed E-state index contributed by atoms with van der Waals surface area (Å²) in [7, 11) is 1.58. The summed E-state index contributed by atoms with van der Waals surface area (Å²) in [4.78, 5) is 11.6. The fraction of sp³-hybridized carbons (Fsp3) is 0.133. The highest BCUT2D eigenvalue weighted by Gasteiger charge is 2.08. The van der Waals surface area contributed by atoms with E-state index in [0.717, 1.165) is 5.56 Å². The van der Waals surface area contributed by atoms with E-state index in [9.17, 15) is 4.79 Å². The van der Waals surface area contributed by atoms with Crippen molar-refractivity contribution in [2.24, 2.45) is 0 Å². The molecule has 3 nitrogen and oxygen atoms in total. The Hall–Kier alpha value is -1.42. The van der Waals surface area contributed by atoms with Gasteiger partial charge in [-0.25, -0.2) is 0 Å². The molecule has 2 aromatic rings. The SMILES string of the molecule is CNC(=O)c1ccc(Cl)c(NCc2cc(Cl)ccc2Cl)c1. The molecule has 110 valence electrons. The van der Waals surface area contributed by atoms with E-state index in [0.29, 0.717) is 32.9 Å². The number of carbonyl (C=O) groups is 1. The summed E-state index contributed by atoms with van der Waals surface area (Å²) in [5.74, 6) is -0.171. The van der Waals surface area contributed by atoms with E-state index in [2.05, 4.69) is 10.6 Å². The summed E-state index contributed by atoms with van der Waals surface area (Å²) in [5.41, 5.74) is 2.04. The van der Waals surface area contributed by atoms with Crippen LogP contribution in [0.25, 0.3) is 0 Å². The zero-order valence-electron chi connectivity index (χ0n) is 11.2. The third-order valence-electron chi connectivity index (χ3n) is 2.93. The van der Waals surface area contributed by atoms with Crippen LogP contribution in [-0.2, 0) is 6.54 Å². The Balaban J connectivity index is 2.19. The Morgan fingerprint density at radius 3 is 2.48 bits per heavy atom. The molecule has 0 aliphatic rings. The second-order valence-corrected chi connectivity index (χ2v) is 5.61. The molecule has 0 radical (unpaired) electrons. The molecule has 0 aliphatic carbocycles. The monoisotopic (exact) mass is 342 g/mol. The highest BCUT2D eigenvalue weighted by Crippen LogP contribution is 2.26. The van der Waals surface area contributed by atoms with E-state index in [1.165, 1.54) is 0 Å². The molecule has 2 aromatic carbocycles. The van der Waals surface area contributed by atoms with E-state index in [1.807, 2.05) is 0 Å². The van der Waals surface area contributed by atoms with Crippen LogP contribution in [0.15, 0.2) is 36.4 Å². The van der Waals surface area contributed by atoms with Gasteiger partial charge in [0.1, 0.15) is 0 Å². The Kier molecular flexibility index (Phi) is 5.34. The molecular formula is C15H13Cl3N2O. The molecule has 21 heavy (non-hydrogen) atoms. The summed E-state index contributed by atoms with van der Waals surface area (Å²) >= 11 is 18.2. The van der Waals surface area contributed by atoms with Gasteiger partial charge in [-0.2, -0.15) is 0 Å². The van der Waals surface area contributed by atoms with Crippen LogP contribution in [0.2, 0.25) is 15.1 Å². The minimum atomic E-state index is -0.171. The lowest BCUT2D eigenvalue weighted by Gasteiger charge is -2.11. The van der Waals surface area contributed by atoms with Gasteiger partial charge in [-0.3, -0.25) is 4.79 Å². The van der Waals surface area contributed by atoms with Crippen molar-refractivity contribution in [1.82, 2.24) is 5.32 Å². The Morgan fingerprint density at radius 1 is 1.05 bits per heavy atom. The fourth-order valence-corrected chi connectivity index (χ4v) is 2.38. The molecule has 6 heteroatoms. The molecule has 0 bridgehead atoms. The van der Waals surface area contributed by atoms with Crippen LogP contribution >= 0.6 is 34.8 Å². The number of hydrogen-bond acceptors (Lipinski definition) is 2. The summed E-state index contributed by atoms with van der Waals surface area (Å²) in [5, 5.41) is 7.49. The zero-order chi connectivity index (χ0) is 15.4. The predicted octanol–water partition coefficient (Wildman–Crippen LogP) is 4.62. The highest BCUT2D eigenvalue weighted by molar-refractivity contribution is 6.34. The number of anilines is 1. The molecule has 0 atom stereocenters. The first-order chi connectivity index (χ1) is 10.0. The van der Waals surface area contributed by atoms with Crippen LogP contribution in [-0.4, -0.2) is 13.0 Å². The average molecular weight is 344 g/mol. The summed E-state index contributed by atoms with van der Waals surface area (Å²) in [6.07, 6.45) is 0. The second kappa shape index (κ2) is 7.03. The van der Waals surface area contributed by atoms with Crippen molar-refractivity contribution >= 4 is 46.4 Å². The van der Waals surface area contributed by atoms with Crippen molar-refractivity contribution in [2.75, 3.05) is 12.4 Å². The number of hydrogen-bond donors (Lipinski definition) is 2. The maximum Gasteiger partial charge on any atom is 0.251 e. The number of halogens is 3. The van der Waals surface area contributed by atoms with E-state index in [4.69, 9.17) is 34.8 Å². The number of carbonyl (C=O) groups excluding carboxylic acids is 1. The summed E-state index contributed by atoms with van der Waals surface area (Å²) in [6, 6.07) is 10.3. The van der Waals surface area contributed by atoms with Crippen LogP contribution in [0.5, 0.6) is 0 Å². The van der Waals surface area contributed by atoms with Crippen molar-refractivity contribution < 1.29 is 4.79 Å². The molecule has 0 heterocycles. The number of amides is 1. The van der Waals surface area contributed by atoms with Gasteiger partial charge < -0.3 is 10.6 Å². The van der Waals surface area contributed by atoms with Gasteiger partial charge in [-0.05, 0) is 42.0 Å². The lowest BCUT2D eigenvalue weighted by Crippen LogP contribution is -2.17. The van der Waals surface area contributed by atoms with Gasteiger partial charge in [0.2, 0.25) is 0 Å². The van der Waals surface area contributed by atoms with Crippen LogP contribution in [0.1, 0.15) is 15.9 Å². The lowest BCUT2D eigenvalue weighted by atomic mass is 10.1. The molecular weight excluding hydrogens is 331 g/mol. The smallest absolute Gasteiger partial charge is 0.251 e. The van der Waals surface area contributed by atoms with Gasteiger partial charge in [0.05, 0.1) is 10.7 Å². The van der Waals surface area contributed by atoms with E-state index < -0.39 is 0 Å². The van der Waals surface area contributed by atoms with E-state index >= 15 is 0 Å². The van der Waals surface area contributed by atoms with Crippen LogP contribution in [0.4, 0.5) is 5.69 Å². The molecule has 0 saturated carbocycles. The minimum absolute atomic E-state index is 0.171. The van der Waals surface area contributed by atoms with Crippen molar-refractivity contribution in [3.8, 4) is 0 Å². The Morgan fingerprint density at radius 2 is 1.76 bits per heavy atom. The average Bonchev–Trinajstić information content (AvgIpc) is 2.48. The van der Waals surface area contributed by atoms with E-state index in [1.54, 1.807) is 43.4 Å². The standard InChI is InChI=1S/C15H13Cl3N2O/c1-19-15(21)9-2-4-13(18)14(7-9)20-8-10-6-11(16)3-5-12(10)17/h2-7,20H,8H2,1H3,(H,19,21). The normalized spacial score (nSPS) is 10.3. The van der Waals surface area contributed by atoms with Gasteiger partial charge in [0.25, 0.3) is 5.91 Å². The zero-order valence-corrected chi connectivity index (χ0v) is 13.5. The molecule has 0 unspecified atom stereocenters. The third kappa shape index (κ3) is 4.03. The maximum absolute atomic E-state index is 11.6. The van der Waals surface area contributed by atoms with E-state index in [-0.39, 0.29) is 5.91 Å². The summed E-state index contributed by atoms with van der Waals surface area (Å²) < 4.78 is 0. The first-order valence-corrected chi connectivity index (χ1v) is 7.34. The van der Waals surface area contributed by atoms with Gasteiger partial charge in [-0.1, -0.05) is 34.8 Å². The molecule has 2 rings (SSSR count). The quantitative estimate of drug-likeness (QED) is 0.850. The third-order valence-corrected chi connectivity index (χ3v) is 3.87. The molecule has 1 amide bonds. The van der Waals surface area contributed by atoms with Crippen molar-refractivity contribution in [2.45, 2.75) is 6.54 Å². The van der Waals surface area contributed by atoms with Gasteiger partial charge >= 0.3 is 0 Å². The van der Waals surface area contributed by atoms with Gasteiger partial charge in [0.15, 0.2) is 0 Å². The molecule has 0 spiro atoms. The number of nitrogens with one attached hydrogen (secondary N) is 2. The van der Waals surface area contributed by atoms with Crippen LogP contribution < -0.4 is 10.6 Å². The lowest BCUT2D eigenvalue weighted by molar-refractivity contribution is 0.0963. The Bertz CT molecular complexity index is 674. The van der Waals surface area contributed by atoms with Crippen LogP contribution in [0.3, 0.4) is 0 Å². The fourth-order valence-electron chi connectivity index (χ4n) is 1.82. The number of rotatable bonds is 4. The van der Waals surface area contributed by atoms with Crippen LogP contribution in [0, 0.1) is 0 Å². The number of benzene rings is 2. The first kappa shape index (κ1) is 16.0. The summed E-state index contributed by atoms with van der Waals surface area (Å²) in [6.45, 7) is 0.455. The maximum atomic E-state index is 11.6. The molecule has 0 saturated heterocycles. The molecule has 0 fully saturated rings. The topological polar surface area (TPSA) is 41.1 Å². The van der Waals surface area contributed by atoms with Crippen molar-refractivity contribution in [1.29, 1.82) is 0 Å². The molecule has 0 aliphatic heterocycles. The predicted molar refractivity (Wildman–Crippen MR) is 88.6 cm³/mol. The van der Waals surface area contributed by atoms with Gasteiger partial charge in [0, 0.05) is 29.2 Å². The van der Waals surface area contributed by atoms with Crippen molar-refractivity contribution in [3.05, 3.63) is 62.6 Å².